The summed E-state index contributed by atoms with van der Waals surface area (Å²) in [5.74, 6) is -0.504. The average molecular weight is 778 g/mol. The minimum atomic E-state index is -0.713. The van der Waals surface area contributed by atoms with Crippen molar-refractivity contribution in [1.82, 2.24) is 30.3 Å². The van der Waals surface area contributed by atoms with Crippen molar-refractivity contribution in [3.05, 3.63) is 92.5 Å². The number of amides is 4. The molecular formula is C39H46Cl2N8O5. The fourth-order valence-electron chi connectivity index (χ4n) is 5.81. The maximum Gasteiger partial charge on any atom is 0.323 e. The minimum absolute atomic E-state index is 0.00983. The second-order valence-corrected chi connectivity index (χ2v) is 14.1. The molecule has 1 fully saturated rings. The third kappa shape index (κ3) is 11.6. The molecule has 1 saturated carbocycles. The lowest BCUT2D eigenvalue weighted by molar-refractivity contribution is 0.0950. The van der Waals surface area contributed by atoms with E-state index in [1.54, 1.807) is 25.1 Å². The number of aliphatic hydroxyl groups is 1. The SMILES string of the molecule is CCn1nc(-c2cccc(-c3cc(C(=O)NCCCCCCCN(C)CCO)cc(C(=O)NC4CC4)c3)c2)cc(NC(=O)Nc2cc(Cl)ncc2Cl)c1=O. The van der Waals surface area contributed by atoms with Crippen molar-refractivity contribution >= 4 is 52.4 Å². The number of benzene rings is 2. The van der Waals surface area contributed by atoms with Gasteiger partial charge in [0.25, 0.3) is 17.4 Å². The van der Waals surface area contributed by atoms with Gasteiger partial charge < -0.3 is 31.3 Å². The van der Waals surface area contributed by atoms with Gasteiger partial charge in [-0.05, 0) is 87.7 Å². The maximum absolute atomic E-state index is 13.4. The molecule has 0 saturated heterocycles. The zero-order valence-electron chi connectivity index (χ0n) is 30.5. The molecule has 2 aromatic heterocycles. The van der Waals surface area contributed by atoms with Gasteiger partial charge in [-0.2, -0.15) is 5.10 Å². The van der Waals surface area contributed by atoms with E-state index >= 15 is 0 Å². The van der Waals surface area contributed by atoms with Crippen molar-refractivity contribution in [2.75, 3.05) is 43.9 Å². The lowest BCUT2D eigenvalue weighted by atomic mass is 9.97. The summed E-state index contributed by atoms with van der Waals surface area (Å²) >= 11 is 12.1. The average Bonchev–Trinajstić information content (AvgIpc) is 3.99. The molecule has 15 heteroatoms. The summed E-state index contributed by atoms with van der Waals surface area (Å²) < 4.78 is 1.25. The van der Waals surface area contributed by atoms with Gasteiger partial charge in [-0.15, -0.1) is 0 Å². The van der Waals surface area contributed by atoms with Crippen molar-refractivity contribution < 1.29 is 19.5 Å². The van der Waals surface area contributed by atoms with Crippen LogP contribution in [0.2, 0.25) is 10.2 Å². The summed E-state index contributed by atoms with van der Waals surface area (Å²) in [4.78, 5) is 58.7. The van der Waals surface area contributed by atoms with Gasteiger partial charge in [-0.25, -0.2) is 14.5 Å². The smallest absolute Gasteiger partial charge is 0.323 e. The minimum Gasteiger partial charge on any atom is -0.395 e. The first-order chi connectivity index (χ1) is 26.0. The lowest BCUT2D eigenvalue weighted by Crippen LogP contribution is -2.29. The molecule has 1 aliphatic carbocycles. The summed E-state index contributed by atoms with van der Waals surface area (Å²) in [6, 6.07) is 14.8. The van der Waals surface area contributed by atoms with Crippen molar-refractivity contribution in [2.45, 2.75) is 64.5 Å². The Morgan fingerprint density at radius 2 is 1.57 bits per heavy atom. The molecule has 2 heterocycles. The van der Waals surface area contributed by atoms with Crippen LogP contribution in [-0.4, -0.2) is 81.9 Å². The quantitative estimate of drug-likeness (QED) is 0.0568. The Morgan fingerprint density at radius 3 is 2.31 bits per heavy atom. The van der Waals surface area contributed by atoms with Gasteiger partial charge in [-0.1, -0.05) is 60.7 Å². The predicted octanol–water partition coefficient (Wildman–Crippen LogP) is 6.44. The van der Waals surface area contributed by atoms with Gasteiger partial charge in [0, 0.05) is 54.6 Å². The van der Waals surface area contributed by atoms with Crippen LogP contribution in [-0.2, 0) is 6.54 Å². The molecule has 0 spiro atoms. The van der Waals surface area contributed by atoms with Gasteiger partial charge in [0.2, 0.25) is 0 Å². The number of aromatic nitrogens is 3. The standard InChI is InChI=1S/C39H46Cl2N8O5/c1-3-49-38(53)34(46-39(54)45-33-23-35(41)43-24-31(33)40)22-32(47-49)26-11-9-10-25(18-26)27-19-28(21-29(20-27)37(52)44-30-12-13-30)36(51)42-14-7-5-4-6-8-15-48(2)16-17-50/h9-11,18-24,30,50H,3-8,12-17H2,1-2H3,(H,42,51)(H,44,52)(H2,43,45,46,54). The molecule has 4 aromatic rings. The Hall–Kier alpha value is -4.82. The molecule has 0 unspecified atom stereocenters. The van der Waals surface area contributed by atoms with Crippen LogP contribution in [0.1, 0.15) is 72.6 Å². The summed E-state index contributed by atoms with van der Waals surface area (Å²) in [5.41, 5.74) is 2.90. The number of carbonyl (C=O) groups is 3. The topological polar surface area (TPSA) is 171 Å². The first-order valence-electron chi connectivity index (χ1n) is 18.2. The molecule has 13 nitrogen and oxygen atoms in total. The van der Waals surface area contributed by atoms with E-state index in [0.29, 0.717) is 41.0 Å². The van der Waals surface area contributed by atoms with Gasteiger partial charge in [-0.3, -0.25) is 14.4 Å². The number of urea groups is 1. The first kappa shape index (κ1) is 40.4. The third-order valence-corrected chi connectivity index (χ3v) is 9.45. The van der Waals surface area contributed by atoms with Crippen LogP contribution in [0.5, 0.6) is 0 Å². The Bertz CT molecular complexity index is 2020. The van der Waals surface area contributed by atoms with Crippen molar-refractivity contribution in [3.63, 3.8) is 0 Å². The number of carbonyl (C=O) groups excluding carboxylic acids is 3. The number of aliphatic hydroxyl groups excluding tert-OH is 1. The molecule has 0 radical (unpaired) electrons. The number of unbranched alkanes of at least 4 members (excludes halogenated alkanes) is 4. The third-order valence-electron chi connectivity index (χ3n) is 8.94. The zero-order chi connectivity index (χ0) is 38.6. The van der Waals surface area contributed by atoms with Crippen LogP contribution in [0, 0.1) is 0 Å². The van der Waals surface area contributed by atoms with E-state index in [1.807, 2.05) is 31.3 Å². The number of anilines is 2. The van der Waals surface area contributed by atoms with Crippen molar-refractivity contribution in [3.8, 4) is 22.4 Å². The van der Waals surface area contributed by atoms with Crippen LogP contribution in [0.4, 0.5) is 16.2 Å². The normalized spacial score (nSPS) is 12.4. The largest absolute Gasteiger partial charge is 0.395 e. The summed E-state index contributed by atoms with van der Waals surface area (Å²) in [6.07, 6.45) is 8.20. The predicted molar refractivity (Wildman–Crippen MR) is 212 cm³/mol. The van der Waals surface area contributed by atoms with Crippen LogP contribution >= 0.6 is 23.2 Å². The highest BCUT2D eigenvalue weighted by atomic mass is 35.5. The number of halogens is 2. The molecule has 4 amide bonds. The van der Waals surface area contributed by atoms with Crippen molar-refractivity contribution in [1.29, 1.82) is 0 Å². The monoisotopic (exact) mass is 776 g/mol. The first-order valence-corrected chi connectivity index (χ1v) is 19.0. The Labute approximate surface area is 324 Å². The van der Waals surface area contributed by atoms with Crippen LogP contribution in [0.3, 0.4) is 0 Å². The highest BCUT2D eigenvalue weighted by Gasteiger charge is 2.25. The summed E-state index contributed by atoms with van der Waals surface area (Å²) in [6.45, 7) is 4.32. The molecule has 5 rings (SSSR count). The molecule has 0 atom stereocenters. The number of nitrogens with zero attached hydrogens (tertiary/aromatic N) is 4. The van der Waals surface area contributed by atoms with E-state index in [0.717, 1.165) is 57.1 Å². The highest BCUT2D eigenvalue weighted by molar-refractivity contribution is 6.35. The fourth-order valence-corrected chi connectivity index (χ4v) is 6.11. The maximum atomic E-state index is 13.4. The number of pyridine rings is 1. The molecule has 2 aromatic carbocycles. The zero-order valence-corrected chi connectivity index (χ0v) is 32.0. The Morgan fingerprint density at radius 1 is 0.870 bits per heavy atom. The van der Waals surface area contributed by atoms with E-state index in [9.17, 15) is 19.2 Å². The van der Waals surface area contributed by atoms with Gasteiger partial charge >= 0.3 is 6.03 Å². The molecule has 0 bridgehead atoms. The number of aryl methyl sites for hydroxylation is 1. The van der Waals surface area contributed by atoms with Crippen molar-refractivity contribution in [2.24, 2.45) is 0 Å². The number of hydrogen-bond donors (Lipinski definition) is 5. The number of likely N-dealkylation sites (N-methyl/N-ethyl adjacent to an activating group) is 1. The molecule has 1 aliphatic rings. The van der Waals surface area contributed by atoms with Crippen LogP contribution in [0.25, 0.3) is 22.4 Å². The van der Waals surface area contributed by atoms with E-state index in [4.69, 9.17) is 28.3 Å². The molecule has 286 valence electrons. The molecule has 5 N–H and O–H groups in total. The summed E-state index contributed by atoms with van der Waals surface area (Å²) in [7, 11) is 2.00. The van der Waals surface area contributed by atoms with Crippen LogP contribution < -0.4 is 26.8 Å². The lowest BCUT2D eigenvalue weighted by Gasteiger charge is -2.14. The Kier molecular flexibility index (Phi) is 14.6. The Balaban J connectivity index is 1.33. The van der Waals surface area contributed by atoms with Gasteiger partial charge in [0.05, 0.1) is 23.0 Å². The fraction of sp³-hybridized carbons (Fsp3) is 0.385. The van der Waals surface area contributed by atoms with E-state index in [-0.39, 0.29) is 52.6 Å². The number of hydrogen-bond acceptors (Lipinski definition) is 8. The van der Waals surface area contributed by atoms with Gasteiger partial charge in [0.15, 0.2) is 0 Å². The molecule has 54 heavy (non-hydrogen) atoms. The summed E-state index contributed by atoms with van der Waals surface area (Å²) in [5, 5.41) is 25.1. The number of rotatable bonds is 18. The van der Waals surface area contributed by atoms with Gasteiger partial charge in [0.1, 0.15) is 10.8 Å². The highest BCUT2D eigenvalue weighted by Crippen LogP contribution is 2.29. The van der Waals surface area contributed by atoms with Crippen LogP contribution in [0.15, 0.2) is 65.6 Å². The van der Waals surface area contributed by atoms with E-state index < -0.39 is 11.6 Å². The van der Waals surface area contributed by atoms with E-state index in [1.165, 1.54) is 23.0 Å². The number of nitrogens with one attached hydrogen (secondary N) is 4. The second kappa shape index (κ2) is 19.5. The molecular weight excluding hydrogens is 731 g/mol. The molecule has 0 aliphatic heterocycles. The second-order valence-electron chi connectivity index (χ2n) is 13.3. The van der Waals surface area contributed by atoms with E-state index in [2.05, 4.69) is 36.2 Å².